The predicted molar refractivity (Wildman–Crippen MR) is 86.7 cm³/mol. The Labute approximate surface area is 129 Å². The number of aromatic nitrogens is 2. The molecule has 0 unspecified atom stereocenters. The SMILES string of the molecule is c1cc(CN2CCOCC2)cc(-c2cnn3ccccc23)c1. The first-order valence-corrected chi connectivity index (χ1v) is 7.72. The van der Waals surface area contributed by atoms with Crippen molar-refractivity contribution in [2.75, 3.05) is 26.3 Å². The van der Waals surface area contributed by atoms with Crippen molar-refractivity contribution in [3.8, 4) is 11.1 Å². The zero-order chi connectivity index (χ0) is 14.8. The monoisotopic (exact) mass is 293 g/mol. The van der Waals surface area contributed by atoms with E-state index in [0.717, 1.165) is 38.4 Å². The minimum absolute atomic E-state index is 0.841. The topological polar surface area (TPSA) is 29.8 Å². The molecule has 22 heavy (non-hydrogen) atoms. The maximum absolute atomic E-state index is 5.42. The summed E-state index contributed by atoms with van der Waals surface area (Å²) in [6.07, 6.45) is 3.93. The Hall–Kier alpha value is -2.17. The standard InChI is InChI=1S/C18H19N3O/c1-2-7-21-18(6-1)17(13-19-21)16-5-3-4-15(12-16)14-20-8-10-22-11-9-20/h1-7,12-13H,8-11,14H2. The van der Waals surface area contributed by atoms with Gasteiger partial charge in [0, 0.05) is 31.4 Å². The minimum Gasteiger partial charge on any atom is -0.379 e. The summed E-state index contributed by atoms with van der Waals surface area (Å²) in [4.78, 5) is 2.44. The van der Waals surface area contributed by atoms with Crippen LogP contribution in [0, 0.1) is 0 Å². The number of benzene rings is 1. The van der Waals surface area contributed by atoms with Gasteiger partial charge in [0.05, 0.1) is 24.9 Å². The smallest absolute Gasteiger partial charge is 0.0740 e. The maximum atomic E-state index is 5.42. The zero-order valence-corrected chi connectivity index (χ0v) is 12.5. The van der Waals surface area contributed by atoms with E-state index in [1.165, 1.54) is 16.7 Å². The first-order valence-electron chi connectivity index (χ1n) is 7.72. The van der Waals surface area contributed by atoms with Gasteiger partial charge in [-0.2, -0.15) is 5.10 Å². The van der Waals surface area contributed by atoms with Crippen molar-refractivity contribution < 1.29 is 4.74 Å². The second-order valence-corrected chi connectivity index (χ2v) is 5.68. The Morgan fingerprint density at radius 1 is 1.05 bits per heavy atom. The third kappa shape index (κ3) is 2.63. The van der Waals surface area contributed by atoms with Gasteiger partial charge < -0.3 is 4.74 Å². The molecule has 0 radical (unpaired) electrons. The molecule has 0 amide bonds. The Morgan fingerprint density at radius 3 is 2.86 bits per heavy atom. The van der Waals surface area contributed by atoms with Crippen LogP contribution in [0.2, 0.25) is 0 Å². The van der Waals surface area contributed by atoms with Crippen LogP contribution in [-0.2, 0) is 11.3 Å². The third-order valence-electron chi connectivity index (χ3n) is 4.17. The number of ether oxygens (including phenoxy) is 1. The van der Waals surface area contributed by atoms with E-state index in [4.69, 9.17) is 4.74 Å². The number of hydrogen-bond donors (Lipinski definition) is 0. The number of hydrogen-bond acceptors (Lipinski definition) is 3. The van der Waals surface area contributed by atoms with Crippen molar-refractivity contribution >= 4 is 5.52 Å². The molecule has 0 saturated carbocycles. The van der Waals surface area contributed by atoms with Gasteiger partial charge >= 0.3 is 0 Å². The lowest BCUT2D eigenvalue weighted by molar-refractivity contribution is 0.0342. The molecule has 4 rings (SSSR count). The molecule has 112 valence electrons. The van der Waals surface area contributed by atoms with Crippen molar-refractivity contribution in [3.05, 3.63) is 60.4 Å². The maximum Gasteiger partial charge on any atom is 0.0740 e. The van der Waals surface area contributed by atoms with E-state index in [1.54, 1.807) is 0 Å². The second kappa shape index (κ2) is 5.91. The van der Waals surface area contributed by atoms with Gasteiger partial charge in [-0.1, -0.05) is 24.3 Å². The summed E-state index contributed by atoms with van der Waals surface area (Å²) in [6.45, 7) is 4.69. The Bertz CT molecular complexity index is 775. The van der Waals surface area contributed by atoms with Gasteiger partial charge in [-0.25, -0.2) is 4.52 Å². The summed E-state index contributed by atoms with van der Waals surface area (Å²) in [5.41, 5.74) is 4.90. The van der Waals surface area contributed by atoms with Crippen LogP contribution >= 0.6 is 0 Å². The largest absolute Gasteiger partial charge is 0.379 e. The quantitative estimate of drug-likeness (QED) is 0.744. The number of pyridine rings is 1. The lowest BCUT2D eigenvalue weighted by Gasteiger charge is -2.26. The summed E-state index contributed by atoms with van der Waals surface area (Å²) >= 11 is 0. The molecular weight excluding hydrogens is 274 g/mol. The molecule has 0 aliphatic carbocycles. The van der Waals surface area contributed by atoms with E-state index in [2.05, 4.69) is 46.4 Å². The van der Waals surface area contributed by atoms with Crippen molar-refractivity contribution in [1.82, 2.24) is 14.5 Å². The fraction of sp³-hybridized carbons (Fsp3) is 0.278. The summed E-state index contributed by atoms with van der Waals surface area (Å²) < 4.78 is 7.34. The molecule has 3 aromatic rings. The fourth-order valence-corrected chi connectivity index (χ4v) is 3.01. The number of rotatable bonds is 3. The van der Waals surface area contributed by atoms with Crippen LogP contribution in [0.25, 0.3) is 16.6 Å². The van der Waals surface area contributed by atoms with Gasteiger partial charge in [0.25, 0.3) is 0 Å². The molecule has 2 aromatic heterocycles. The van der Waals surface area contributed by atoms with Crippen LogP contribution in [0.5, 0.6) is 0 Å². The molecule has 4 nitrogen and oxygen atoms in total. The van der Waals surface area contributed by atoms with Crippen molar-refractivity contribution in [2.45, 2.75) is 6.54 Å². The van der Waals surface area contributed by atoms with Crippen molar-refractivity contribution in [1.29, 1.82) is 0 Å². The first kappa shape index (κ1) is 13.5. The van der Waals surface area contributed by atoms with E-state index in [0.29, 0.717) is 0 Å². The van der Waals surface area contributed by atoms with Crippen LogP contribution in [0.1, 0.15) is 5.56 Å². The average molecular weight is 293 g/mol. The summed E-state index contributed by atoms with van der Waals surface area (Å²) in [7, 11) is 0. The zero-order valence-electron chi connectivity index (χ0n) is 12.5. The molecule has 1 aromatic carbocycles. The Kier molecular flexibility index (Phi) is 3.62. The van der Waals surface area contributed by atoms with Gasteiger partial charge in [-0.15, -0.1) is 0 Å². The van der Waals surface area contributed by atoms with Gasteiger partial charge in [0.15, 0.2) is 0 Å². The lowest BCUT2D eigenvalue weighted by Crippen LogP contribution is -2.35. The van der Waals surface area contributed by atoms with Crippen molar-refractivity contribution in [3.63, 3.8) is 0 Å². The van der Waals surface area contributed by atoms with E-state index >= 15 is 0 Å². The molecule has 4 heteroatoms. The van der Waals surface area contributed by atoms with Crippen LogP contribution in [-0.4, -0.2) is 40.8 Å². The van der Waals surface area contributed by atoms with E-state index in [9.17, 15) is 0 Å². The number of morpholine rings is 1. The highest BCUT2D eigenvalue weighted by atomic mass is 16.5. The van der Waals surface area contributed by atoms with E-state index in [-0.39, 0.29) is 0 Å². The second-order valence-electron chi connectivity index (χ2n) is 5.68. The van der Waals surface area contributed by atoms with Crippen LogP contribution < -0.4 is 0 Å². The minimum atomic E-state index is 0.841. The molecule has 0 bridgehead atoms. The highest BCUT2D eigenvalue weighted by molar-refractivity contribution is 5.79. The highest BCUT2D eigenvalue weighted by Gasteiger charge is 2.12. The van der Waals surface area contributed by atoms with Gasteiger partial charge in [-0.3, -0.25) is 4.90 Å². The summed E-state index contributed by atoms with van der Waals surface area (Å²) in [5, 5.41) is 4.43. The van der Waals surface area contributed by atoms with Crippen molar-refractivity contribution in [2.24, 2.45) is 0 Å². The van der Waals surface area contributed by atoms with Crippen LogP contribution in [0.15, 0.2) is 54.9 Å². The molecule has 1 aliphatic rings. The molecule has 0 N–H and O–H groups in total. The van der Waals surface area contributed by atoms with Gasteiger partial charge in [0.2, 0.25) is 0 Å². The fourth-order valence-electron chi connectivity index (χ4n) is 3.01. The molecule has 1 fully saturated rings. The average Bonchev–Trinajstić information content (AvgIpc) is 3.00. The summed E-state index contributed by atoms with van der Waals surface area (Å²) in [6, 6.07) is 14.9. The van der Waals surface area contributed by atoms with E-state index in [1.807, 2.05) is 23.0 Å². The number of nitrogens with zero attached hydrogens (tertiary/aromatic N) is 3. The first-order chi connectivity index (χ1) is 10.9. The van der Waals surface area contributed by atoms with Crippen LogP contribution in [0.3, 0.4) is 0 Å². The predicted octanol–water partition coefficient (Wildman–Crippen LogP) is 2.83. The Morgan fingerprint density at radius 2 is 1.95 bits per heavy atom. The van der Waals surface area contributed by atoms with E-state index < -0.39 is 0 Å². The molecule has 3 heterocycles. The highest BCUT2D eigenvalue weighted by Crippen LogP contribution is 2.25. The molecule has 1 saturated heterocycles. The van der Waals surface area contributed by atoms with Gasteiger partial charge in [-0.05, 0) is 29.3 Å². The summed E-state index contributed by atoms with van der Waals surface area (Å²) in [5.74, 6) is 0. The molecule has 0 spiro atoms. The molecule has 0 atom stereocenters. The van der Waals surface area contributed by atoms with Gasteiger partial charge in [0.1, 0.15) is 0 Å². The Balaban J connectivity index is 1.63. The molecule has 1 aliphatic heterocycles. The molecular formula is C18H19N3O. The third-order valence-corrected chi connectivity index (χ3v) is 4.17. The van der Waals surface area contributed by atoms with Crippen LogP contribution in [0.4, 0.5) is 0 Å². The normalized spacial score (nSPS) is 16.2. The lowest BCUT2D eigenvalue weighted by atomic mass is 10.0. The number of fused-ring (bicyclic) bond motifs is 1.